The zero-order valence-corrected chi connectivity index (χ0v) is 10.9. The Labute approximate surface area is 103 Å². The third-order valence-electron chi connectivity index (χ3n) is 2.62. The van der Waals surface area contributed by atoms with E-state index < -0.39 is 10.0 Å². The van der Waals surface area contributed by atoms with Gasteiger partial charge in [-0.05, 0) is 18.2 Å². The lowest BCUT2D eigenvalue weighted by Crippen LogP contribution is -2.51. The number of sulfonamides is 1. The number of rotatable bonds is 3. The summed E-state index contributed by atoms with van der Waals surface area (Å²) in [5.41, 5.74) is 0. The normalized spacial score (nSPS) is 18.4. The molecule has 16 heavy (non-hydrogen) atoms. The van der Waals surface area contributed by atoms with E-state index in [9.17, 15) is 8.42 Å². The van der Waals surface area contributed by atoms with Crippen molar-refractivity contribution in [2.45, 2.75) is 4.90 Å². The van der Waals surface area contributed by atoms with Crippen LogP contribution in [-0.2, 0) is 10.0 Å². The van der Waals surface area contributed by atoms with Crippen LogP contribution in [0.4, 0.5) is 0 Å². The molecule has 1 saturated heterocycles. The average molecular weight is 306 g/mol. The van der Waals surface area contributed by atoms with Crippen molar-refractivity contribution in [2.75, 3.05) is 19.7 Å². The van der Waals surface area contributed by atoms with Crippen LogP contribution in [0, 0.1) is 5.92 Å². The van der Waals surface area contributed by atoms with Crippen molar-refractivity contribution in [3.05, 3.63) is 28.7 Å². The average Bonchev–Trinajstić information content (AvgIpc) is 2.15. The van der Waals surface area contributed by atoms with Crippen molar-refractivity contribution in [3.8, 4) is 0 Å². The molecule has 1 N–H and O–H groups in total. The molecular formula is C10H12BrNO3S. The Kier molecular flexibility index (Phi) is 3.34. The lowest BCUT2D eigenvalue weighted by Gasteiger charge is -2.36. The van der Waals surface area contributed by atoms with E-state index >= 15 is 0 Å². The quantitative estimate of drug-likeness (QED) is 0.908. The van der Waals surface area contributed by atoms with Crippen LogP contribution in [0.15, 0.2) is 33.6 Å². The lowest BCUT2D eigenvalue weighted by molar-refractivity contribution is 0.117. The molecule has 0 amide bonds. The Morgan fingerprint density at radius 3 is 2.69 bits per heavy atom. The molecule has 6 heteroatoms. The maximum Gasteiger partial charge on any atom is 0.243 e. The third-order valence-corrected chi connectivity index (χ3v) is 4.94. The highest BCUT2D eigenvalue weighted by Crippen LogP contribution is 2.26. The van der Waals surface area contributed by atoms with Crippen molar-refractivity contribution in [1.29, 1.82) is 0 Å². The van der Waals surface area contributed by atoms with E-state index in [4.69, 9.17) is 5.11 Å². The Morgan fingerprint density at radius 2 is 2.12 bits per heavy atom. The van der Waals surface area contributed by atoms with Gasteiger partial charge in [0.2, 0.25) is 10.0 Å². The molecule has 4 nitrogen and oxygen atoms in total. The minimum Gasteiger partial charge on any atom is -0.396 e. The number of aliphatic hydroxyl groups is 1. The zero-order valence-electron chi connectivity index (χ0n) is 8.51. The molecule has 0 aromatic heterocycles. The summed E-state index contributed by atoms with van der Waals surface area (Å²) in [6, 6.07) is 6.64. The van der Waals surface area contributed by atoms with Crippen molar-refractivity contribution in [1.82, 2.24) is 4.31 Å². The molecule has 1 fully saturated rings. The maximum atomic E-state index is 12.1. The second-order valence-electron chi connectivity index (χ2n) is 3.83. The van der Waals surface area contributed by atoms with Gasteiger partial charge in [-0.1, -0.05) is 22.0 Å². The van der Waals surface area contributed by atoms with Gasteiger partial charge in [0.1, 0.15) is 0 Å². The van der Waals surface area contributed by atoms with E-state index in [2.05, 4.69) is 15.9 Å². The first-order valence-corrected chi connectivity index (χ1v) is 7.14. The van der Waals surface area contributed by atoms with Gasteiger partial charge in [-0.2, -0.15) is 4.31 Å². The van der Waals surface area contributed by atoms with Gasteiger partial charge in [-0.15, -0.1) is 0 Å². The Hall–Kier alpha value is -0.430. The molecule has 0 saturated carbocycles. The predicted molar refractivity (Wildman–Crippen MR) is 63.5 cm³/mol. The fourth-order valence-electron chi connectivity index (χ4n) is 1.61. The lowest BCUT2D eigenvalue weighted by atomic mass is 10.1. The highest BCUT2D eigenvalue weighted by atomic mass is 79.9. The fraction of sp³-hybridized carbons (Fsp3) is 0.400. The van der Waals surface area contributed by atoms with Crippen LogP contribution in [-0.4, -0.2) is 37.5 Å². The Morgan fingerprint density at radius 1 is 1.44 bits per heavy atom. The molecule has 0 bridgehead atoms. The highest BCUT2D eigenvalue weighted by Gasteiger charge is 2.36. The summed E-state index contributed by atoms with van der Waals surface area (Å²) in [5, 5.41) is 8.86. The molecular weight excluding hydrogens is 294 g/mol. The van der Waals surface area contributed by atoms with Crippen LogP contribution in [0.2, 0.25) is 0 Å². The fourth-order valence-corrected chi connectivity index (χ4v) is 3.80. The number of hydrogen-bond donors (Lipinski definition) is 1. The van der Waals surface area contributed by atoms with E-state index in [-0.39, 0.29) is 12.5 Å². The topological polar surface area (TPSA) is 57.6 Å². The minimum atomic E-state index is -3.38. The number of hydrogen-bond acceptors (Lipinski definition) is 3. The summed E-state index contributed by atoms with van der Waals surface area (Å²) in [6.07, 6.45) is 0. The molecule has 1 aromatic rings. The first-order chi connectivity index (χ1) is 7.54. The standard InChI is InChI=1S/C10H12BrNO3S/c11-9-2-1-3-10(4-9)16(14,15)12-5-8(6-12)7-13/h1-4,8,13H,5-7H2. The van der Waals surface area contributed by atoms with Crippen LogP contribution in [0.25, 0.3) is 0 Å². The summed E-state index contributed by atoms with van der Waals surface area (Å²) >= 11 is 3.25. The van der Waals surface area contributed by atoms with E-state index in [1.165, 1.54) is 4.31 Å². The van der Waals surface area contributed by atoms with Crippen LogP contribution in [0.1, 0.15) is 0 Å². The Bertz CT molecular complexity index is 483. The number of benzene rings is 1. The summed E-state index contributed by atoms with van der Waals surface area (Å²) in [6.45, 7) is 0.862. The molecule has 0 radical (unpaired) electrons. The molecule has 0 aliphatic carbocycles. The maximum absolute atomic E-state index is 12.1. The van der Waals surface area contributed by atoms with Gasteiger partial charge >= 0.3 is 0 Å². The zero-order chi connectivity index (χ0) is 11.8. The number of nitrogens with zero attached hydrogens (tertiary/aromatic N) is 1. The second-order valence-corrected chi connectivity index (χ2v) is 6.68. The van der Waals surface area contributed by atoms with Crippen molar-refractivity contribution in [2.24, 2.45) is 5.92 Å². The summed E-state index contributed by atoms with van der Waals surface area (Å²) < 4.78 is 26.2. The van der Waals surface area contributed by atoms with Gasteiger partial charge in [0.15, 0.2) is 0 Å². The molecule has 0 spiro atoms. The van der Waals surface area contributed by atoms with Gasteiger partial charge in [-0.3, -0.25) is 0 Å². The van der Waals surface area contributed by atoms with E-state index in [1.807, 2.05) is 0 Å². The molecule has 1 heterocycles. The van der Waals surface area contributed by atoms with E-state index in [0.717, 1.165) is 4.47 Å². The third kappa shape index (κ3) is 2.15. The highest BCUT2D eigenvalue weighted by molar-refractivity contribution is 9.10. The van der Waals surface area contributed by atoms with Crippen LogP contribution < -0.4 is 0 Å². The molecule has 1 aromatic carbocycles. The molecule has 0 atom stereocenters. The van der Waals surface area contributed by atoms with E-state index in [1.54, 1.807) is 24.3 Å². The summed E-state index contributed by atoms with van der Waals surface area (Å²) in [4.78, 5) is 0.290. The van der Waals surface area contributed by atoms with E-state index in [0.29, 0.717) is 18.0 Å². The molecule has 1 aliphatic rings. The van der Waals surface area contributed by atoms with Crippen molar-refractivity contribution >= 4 is 26.0 Å². The largest absolute Gasteiger partial charge is 0.396 e. The van der Waals surface area contributed by atoms with Crippen LogP contribution >= 0.6 is 15.9 Å². The van der Waals surface area contributed by atoms with Crippen LogP contribution in [0.3, 0.4) is 0 Å². The van der Waals surface area contributed by atoms with Crippen molar-refractivity contribution in [3.63, 3.8) is 0 Å². The van der Waals surface area contributed by atoms with Gasteiger partial charge in [0, 0.05) is 30.1 Å². The second kappa shape index (κ2) is 4.44. The van der Waals surface area contributed by atoms with Crippen molar-refractivity contribution < 1.29 is 13.5 Å². The molecule has 1 aliphatic heterocycles. The smallest absolute Gasteiger partial charge is 0.243 e. The molecule has 0 unspecified atom stereocenters. The SMILES string of the molecule is O=S(=O)(c1cccc(Br)c1)N1CC(CO)C1. The summed E-state index contributed by atoms with van der Waals surface area (Å²) in [5.74, 6) is 0.0851. The Balaban J connectivity index is 2.21. The van der Waals surface area contributed by atoms with Gasteiger partial charge in [-0.25, -0.2) is 8.42 Å². The first-order valence-electron chi connectivity index (χ1n) is 4.90. The predicted octanol–water partition coefficient (Wildman–Crippen LogP) is 1.06. The van der Waals surface area contributed by atoms with Gasteiger partial charge in [0.25, 0.3) is 0 Å². The number of halogens is 1. The minimum absolute atomic E-state index is 0.0461. The summed E-state index contributed by atoms with van der Waals surface area (Å²) in [7, 11) is -3.38. The van der Waals surface area contributed by atoms with Gasteiger partial charge < -0.3 is 5.11 Å². The number of aliphatic hydroxyl groups excluding tert-OH is 1. The van der Waals surface area contributed by atoms with Gasteiger partial charge in [0.05, 0.1) is 4.90 Å². The molecule has 88 valence electrons. The van der Waals surface area contributed by atoms with Crippen LogP contribution in [0.5, 0.6) is 0 Å². The monoisotopic (exact) mass is 305 g/mol. The molecule has 2 rings (SSSR count). The first kappa shape index (κ1) is 12.0.